The first kappa shape index (κ1) is 13.6. The summed E-state index contributed by atoms with van der Waals surface area (Å²) < 4.78 is 12.9. The minimum Gasteiger partial charge on any atom is -0.393 e. The third-order valence-corrected chi connectivity index (χ3v) is 2.43. The standard InChI is InChI=1S/C12H15FN2OS/c13-10-5-3-4-9(8-10)12(16)15-7-2-1-6-11(14)17/h3-5,8H,1-2,6-7H2,(H2,14,17)(H,15,16). The molecule has 0 aromatic heterocycles. The van der Waals surface area contributed by atoms with Gasteiger partial charge < -0.3 is 11.1 Å². The van der Waals surface area contributed by atoms with E-state index in [1.165, 1.54) is 18.2 Å². The van der Waals surface area contributed by atoms with Crippen LogP contribution in [0.25, 0.3) is 0 Å². The van der Waals surface area contributed by atoms with E-state index in [0.717, 1.165) is 12.8 Å². The van der Waals surface area contributed by atoms with Crippen molar-refractivity contribution >= 4 is 23.1 Å². The molecule has 0 spiro atoms. The minimum atomic E-state index is -0.411. The van der Waals surface area contributed by atoms with Crippen molar-refractivity contribution < 1.29 is 9.18 Å². The van der Waals surface area contributed by atoms with E-state index in [1.807, 2.05) is 0 Å². The normalized spacial score (nSPS) is 9.94. The fraction of sp³-hybridized carbons (Fsp3) is 0.333. The van der Waals surface area contributed by atoms with Crippen LogP contribution in [0.5, 0.6) is 0 Å². The van der Waals surface area contributed by atoms with Gasteiger partial charge in [0.2, 0.25) is 0 Å². The highest BCUT2D eigenvalue weighted by Gasteiger charge is 2.04. The second-order valence-electron chi connectivity index (χ2n) is 3.69. The zero-order chi connectivity index (χ0) is 12.7. The van der Waals surface area contributed by atoms with E-state index in [-0.39, 0.29) is 5.91 Å². The Morgan fingerprint density at radius 2 is 2.18 bits per heavy atom. The van der Waals surface area contributed by atoms with Gasteiger partial charge in [0.05, 0.1) is 4.99 Å². The van der Waals surface area contributed by atoms with Gasteiger partial charge in [-0.1, -0.05) is 18.3 Å². The molecule has 92 valence electrons. The van der Waals surface area contributed by atoms with Crippen LogP contribution in [-0.2, 0) is 0 Å². The van der Waals surface area contributed by atoms with E-state index >= 15 is 0 Å². The summed E-state index contributed by atoms with van der Waals surface area (Å²) >= 11 is 4.74. The molecule has 5 heteroatoms. The van der Waals surface area contributed by atoms with E-state index in [9.17, 15) is 9.18 Å². The van der Waals surface area contributed by atoms with Gasteiger partial charge in [-0.2, -0.15) is 0 Å². The molecule has 0 aliphatic rings. The molecule has 0 heterocycles. The van der Waals surface area contributed by atoms with Crippen molar-refractivity contribution in [1.29, 1.82) is 0 Å². The summed E-state index contributed by atoms with van der Waals surface area (Å²) in [4.78, 5) is 12.1. The Balaban J connectivity index is 2.28. The van der Waals surface area contributed by atoms with Crippen LogP contribution in [0.1, 0.15) is 29.6 Å². The van der Waals surface area contributed by atoms with Gasteiger partial charge in [0.1, 0.15) is 5.82 Å². The Morgan fingerprint density at radius 1 is 1.41 bits per heavy atom. The molecule has 1 rings (SSSR count). The maximum Gasteiger partial charge on any atom is 0.251 e. The number of rotatable bonds is 6. The van der Waals surface area contributed by atoms with Crippen molar-refractivity contribution in [2.24, 2.45) is 5.73 Å². The average Bonchev–Trinajstić information content (AvgIpc) is 2.28. The second-order valence-corrected chi connectivity index (χ2v) is 4.21. The number of carbonyl (C=O) groups excluding carboxylic acids is 1. The molecular formula is C12H15FN2OS. The summed E-state index contributed by atoms with van der Waals surface area (Å²) in [7, 11) is 0. The highest BCUT2D eigenvalue weighted by atomic mass is 32.1. The van der Waals surface area contributed by atoms with Gasteiger partial charge in [-0.15, -0.1) is 0 Å². The SMILES string of the molecule is NC(=S)CCCCNC(=O)c1cccc(F)c1. The number of thiocarbonyl (C=S) groups is 1. The lowest BCUT2D eigenvalue weighted by atomic mass is 10.2. The molecule has 0 unspecified atom stereocenters. The quantitative estimate of drug-likeness (QED) is 0.603. The molecule has 0 aliphatic carbocycles. The lowest BCUT2D eigenvalue weighted by Gasteiger charge is -2.05. The minimum absolute atomic E-state index is 0.264. The number of nitrogens with two attached hydrogens (primary N) is 1. The molecular weight excluding hydrogens is 239 g/mol. The summed E-state index contributed by atoms with van der Waals surface area (Å²) in [6.45, 7) is 0.540. The highest BCUT2D eigenvalue weighted by Crippen LogP contribution is 2.03. The zero-order valence-electron chi connectivity index (χ0n) is 9.41. The molecule has 3 nitrogen and oxygen atoms in total. The van der Waals surface area contributed by atoms with Crippen molar-refractivity contribution in [2.75, 3.05) is 6.54 Å². The first-order valence-electron chi connectivity index (χ1n) is 5.41. The molecule has 1 amide bonds. The summed E-state index contributed by atoms with van der Waals surface area (Å²) in [5, 5.41) is 2.71. The average molecular weight is 254 g/mol. The van der Waals surface area contributed by atoms with Crippen LogP contribution in [0.4, 0.5) is 4.39 Å². The first-order valence-corrected chi connectivity index (χ1v) is 5.82. The molecule has 0 bridgehead atoms. The van der Waals surface area contributed by atoms with E-state index in [2.05, 4.69) is 5.32 Å². The predicted molar refractivity (Wildman–Crippen MR) is 69.4 cm³/mol. The van der Waals surface area contributed by atoms with Gasteiger partial charge in [-0.3, -0.25) is 4.79 Å². The van der Waals surface area contributed by atoms with Crippen molar-refractivity contribution in [2.45, 2.75) is 19.3 Å². The molecule has 1 aromatic rings. The largest absolute Gasteiger partial charge is 0.393 e. The van der Waals surface area contributed by atoms with Crippen LogP contribution in [0.15, 0.2) is 24.3 Å². The molecule has 0 aliphatic heterocycles. The van der Waals surface area contributed by atoms with Gasteiger partial charge in [-0.25, -0.2) is 4.39 Å². The lowest BCUT2D eigenvalue weighted by molar-refractivity contribution is 0.0952. The number of unbranched alkanes of at least 4 members (excludes halogenated alkanes) is 1. The molecule has 0 saturated heterocycles. The van der Waals surface area contributed by atoms with Crippen molar-refractivity contribution in [3.63, 3.8) is 0 Å². The van der Waals surface area contributed by atoms with Gasteiger partial charge >= 0.3 is 0 Å². The Labute approximate surface area is 105 Å². The third kappa shape index (κ3) is 5.40. The molecule has 0 saturated carbocycles. The summed E-state index contributed by atoms with van der Waals surface area (Å²) in [6, 6.07) is 5.61. The number of halogens is 1. The number of benzene rings is 1. The van der Waals surface area contributed by atoms with Crippen LogP contribution in [-0.4, -0.2) is 17.4 Å². The van der Waals surface area contributed by atoms with E-state index in [1.54, 1.807) is 6.07 Å². The van der Waals surface area contributed by atoms with Crippen molar-refractivity contribution in [1.82, 2.24) is 5.32 Å². The van der Waals surface area contributed by atoms with E-state index in [0.29, 0.717) is 23.5 Å². The van der Waals surface area contributed by atoms with Gasteiger partial charge in [0.15, 0.2) is 0 Å². The molecule has 3 N–H and O–H groups in total. The van der Waals surface area contributed by atoms with Crippen LogP contribution >= 0.6 is 12.2 Å². The second kappa shape index (κ2) is 6.96. The van der Waals surface area contributed by atoms with Crippen molar-refractivity contribution in [3.05, 3.63) is 35.6 Å². The zero-order valence-corrected chi connectivity index (χ0v) is 10.2. The molecule has 0 fully saturated rings. The predicted octanol–water partition coefficient (Wildman–Crippen LogP) is 2.01. The Bertz CT molecular complexity index is 409. The van der Waals surface area contributed by atoms with E-state index < -0.39 is 5.82 Å². The fourth-order valence-corrected chi connectivity index (χ4v) is 1.50. The van der Waals surface area contributed by atoms with E-state index in [4.69, 9.17) is 18.0 Å². The fourth-order valence-electron chi connectivity index (χ4n) is 1.36. The molecule has 17 heavy (non-hydrogen) atoms. The Kier molecular flexibility index (Phi) is 5.56. The Hall–Kier alpha value is -1.49. The van der Waals surface area contributed by atoms with Gasteiger partial charge in [0.25, 0.3) is 5.91 Å². The first-order chi connectivity index (χ1) is 8.09. The highest BCUT2D eigenvalue weighted by molar-refractivity contribution is 7.80. The van der Waals surface area contributed by atoms with Crippen LogP contribution in [0.3, 0.4) is 0 Å². The maximum absolute atomic E-state index is 12.9. The van der Waals surface area contributed by atoms with Gasteiger partial charge in [-0.05, 0) is 37.5 Å². The van der Waals surface area contributed by atoms with Crippen LogP contribution in [0, 0.1) is 5.82 Å². The summed E-state index contributed by atoms with van der Waals surface area (Å²) in [6.07, 6.45) is 2.34. The maximum atomic E-state index is 12.9. The topological polar surface area (TPSA) is 55.1 Å². The van der Waals surface area contributed by atoms with Crippen LogP contribution in [0.2, 0.25) is 0 Å². The van der Waals surface area contributed by atoms with Crippen molar-refractivity contribution in [3.8, 4) is 0 Å². The lowest BCUT2D eigenvalue weighted by Crippen LogP contribution is -2.24. The number of nitrogens with one attached hydrogen (secondary N) is 1. The number of carbonyl (C=O) groups is 1. The molecule has 1 aromatic carbocycles. The summed E-state index contributed by atoms with van der Waals surface area (Å²) in [5.41, 5.74) is 5.68. The third-order valence-electron chi connectivity index (χ3n) is 2.22. The molecule has 0 radical (unpaired) electrons. The summed E-state index contributed by atoms with van der Waals surface area (Å²) in [5.74, 6) is -0.675. The van der Waals surface area contributed by atoms with Crippen LogP contribution < -0.4 is 11.1 Å². The Morgan fingerprint density at radius 3 is 2.82 bits per heavy atom. The smallest absolute Gasteiger partial charge is 0.251 e. The molecule has 0 atom stereocenters. The number of hydrogen-bond acceptors (Lipinski definition) is 2. The number of amides is 1. The number of hydrogen-bond donors (Lipinski definition) is 2. The monoisotopic (exact) mass is 254 g/mol. The van der Waals surface area contributed by atoms with Gasteiger partial charge in [0, 0.05) is 12.1 Å².